The zero-order chi connectivity index (χ0) is 24.2. The lowest BCUT2D eigenvalue weighted by molar-refractivity contribution is -0.116. The molecule has 0 unspecified atom stereocenters. The van der Waals surface area contributed by atoms with Crippen LogP contribution in [0.1, 0.15) is 20.8 Å². The molecule has 2 aromatic heterocycles. The molecular weight excluding hydrogens is 430 g/mol. The summed E-state index contributed by atoms with van der Waals surface area (Å²) < 4.78 is 4.74. The number of hydrogen-bond acceptors (Lipinski definition) is 4. The molecule has 0 atom stereocenters. The number of rotatable bonds is 9. The third kappa shape index (κ3) is 4.54. The molecule has 0 aliphatic heterocycles. The monoisotopic (exact) mass is 461 g/mol. The van der Waals surface area contributed by atoms with Crippen LogP contribution in [0, 0.1) is 0 Å². The van der Waals surface area contributed by atoms with Gasteiger partial charge in [-0.2, -0.15) is 0 Å². The van der Waals surface area contributed by atoms with Gasteiger partial charge in [-0.05, 0) is 56.4 Å². The van der Waals surface area contributed by atoms with E-state index in [2.05, 4.69) is 34.8 Å². The molecule has 2 aromatic carbocycles. The maximum absolute atomic E-state index is 12.9. The molecule has 0 saturated heterocycles. The van der Waals surface area contributed by atoms with Crippen LogP contribution in [0.3, 0.4) is 0 Å². The number of likely N-dealkylation sites (N-methyl/N-ethyl adjacent to an activating group) is 1. The van der Waals surface area contributed by atoms with E-state index in [9.17, 15) is 14.4 Å². The molecule has 8 nitrogen and oxygen atoms in total. The van der Waals surface area contributed by atoms with Crippen LogP contribution in [0.2, 0.25) is 0 Å². The van der Waals surface area contributed by atoms with Crippen molar-refractivity contribution in [2.45, 2.75) is 40.4 Å². The first kappa shape index (κ1) is 23.5. The highest BCUT2D eigenvalue weighted by molar-refractivity contribution is 5.94. The second-order valence-corrected chi connectivity index (χ2v) is 8.29. The van der Waals surface area contributed by atoms with Crippen molar-refractivity contribution in [2.75, 3.05) is 25.0 Å². The number of amides is 1. The van der Waals surface area contributed by atoms with Crippen molar-refractivity contribution in [3.05, 3.63) is 75.6 Å². The molecule has 0 bridgehead atoms. The average molecular weight is 462 g/mol. The topological polar surface area (TPSA) is 81.3 Å². The molecule has 0 saturated carbocycles. The fourth-order valence-electron chi connectivity index (χ4n) is 4.41. The van der Waals surface area contributed by atoms with Crippen LogP contribution in [-0.2, 0) is 24.4 Å². The number of benzene rings is 2. The highest BCUT2D eigenvalue weighted by Crippen LogP contribution is 2.21. The van der Waals surface area contributed by atoms with E-state index in [0.29, 0.717) is 16.6 Å². The summed E-state index contributed by atoms with van der Waals surface area (Å²) in [6.07, 6.45) is 2.07. The summed E-state index contributed by atoms with van der Waals surface area (Å²) in [5, 5.41) is 4.36. The quantitative estimate of drug-likeness (QED) is 0.415. The Morgan fingerprint density at radius 2 is 1.71 bits per heavy atom. The van der Waals surface area contributed by atoms with Gasteiger partial charge in [-0.15, -0.1) is 0 Å². The number of carbonyl (C=O) groups is 1. The van der Waals surface area contributed by atoms with Crippen molar-refractivity contribution in [2.24, 2.45) is 0 Å². The SMILES string of the molecule is CCN(CC)CCn1ccc2cc(NC(=O)Cn3c(=O)n(CC)c(=O)c4ccccc43)ccc21. The fourth-order valence-corrected chi connectivity index (χ4v) is 4.41. The van der Waals surface area contributed by atoms with Gasteiger partial charge in [0.05, 0.1) is 10.9 Å². The van der Waals surface area contributed by atoms with Crippen molar-refractivity contribution in [1.82, 2.24) is 18.6 Å². The maximum Gasteiger partial charge on any atom is 0.331 e. The summed E-state index contributed by atoms with van der Waals surface area (Å²) >= 11 is 0. The molecule has 0 spiro atoms. The molecular formula is C26H31N5O3. The van der Waals surface area contributed by atoms with Gasteiger partial charge in [-0.3, -0.25) is 18.7 Å². The largest absolute Gasteiger partial charge is 0.346 e. The smallest absolute Gasteiger partial charge is 0.331 e. The van der Waals surface area contributed by atoms with Gasteiger partial charge in [-0.1, -0.05) is 26.0 Å². The van der Waals surface area contributed by atoms with Gasteiger partial charge in [0.25, 0.3) is 5.56 Å². The molecule has 0 radical (unpaired) electrons. The number of para-hydroxylation sites is 1. The van der Waals surface area contributed by atoms with Crippen LogP contribution >= 0.6 is 0 Å². The van der Waals surface area contributed by atoms with Crippen molar-refractivity contribution in [3.8, 4) is 0 Å². The summed E-state index contributed by atoms with van der Waals surface area (Å²) in [5.74, 6) is -0.325. The summed E-state index contributed by atoms with van der Waals surface area (Å²) in [4.78, 5) is 40.8. The first-order valence-corrected chi connectivity index (χ1v) is 11.8. The Hall–Kier alpha value is -3.65. The first-order valence-electron chi connectivity index (χ1n) is 11.8. The molecule has 1 N–H and O–H groups in total. The Bertz CT molecular complexity index is 1440. The molecule has 34 heavy (non-hydrogen) atoms. The van der Waals surface area contributed by atoms with Crippen molar-refractivity contribution in [1.29, 1.82) is 0 Å². The van der Waals surface area contributed by atoms with E-state index < -0.39 is 5.69 Å². The minimum Gasteiger partial charge on any atom is -0.346 e. The lowest BCUT2D eigenvalue weighted by atomic mass is 10.2. The number of nitrogens with zero attached hydrogens (tertiary/aromatic N) is 4. The highest BCUT2D eigenvalue weighted by atomic mass is 16.2. The Labute approximate surface area is 198 Å². The van der Waals surface area contributed by atoms with E-state index in [4.69, 9.17) is 0 Å². The second-order valence-electron chi connectivity index (χ2n) is 8.29. The van der Waals surface area contributed by atoms with Gasteiger partial charge in [0.2, 0.25) is 5.91 Å². The summed E-state index contributed by atoms with van der Waals surface area (Å²) in [7, 11) is 0. The standard InChI is InChI=1S/C26H31N5O3/c1-4-28(5-2)15-16-29-14-13-19-17-20(11-12-22(19)29)27-24(32)18-31-23-10-8-7-9-21(23)25(33)30(6-3)26(31)34/h7-14,17H,4-6,15-16,18H2,1-3H3,(H,27,32). The predicted molar refractivity (Wildman–Crippen MR) is 136 cm³/mol. The first-order chi connectivity index (χ1) is 16.5. The van der Waals surface area contributed by atoms with E-state index >= 15 is 0 Å². The van der Waals surface area contributed by atoms with Gasteiger partial charge in [0, 0.05) is 42.4 Å². The zero-order valence-electron chi connectivity index (χ0n) is 20.0. The summed E-state index contributed by atoms with van der Waals surface area (Å²) in [6, 6.07) is 14.7. The Kier molecular flexibility index (Phi) is 6.98. The van der Waals surface area contributed by atoms with E-state index in [1.807, 2.05) is 24.3 Å². The van der Waals surface area contributed by atoms with E-state index in [1.165, 1.54) is 4.57 Å². The van der Waals surface area contributed by atoms with E-state index in [1.54, 1.807) is 31.2 Å². The molecule has 8 heteroatoms. The molecule has 0 aliphatic rings. The lowest BCUT2D eigenvalue weighted by Gasteiger charge is -2.18. The Morgan fingerprint density at radius 1 is 0.941 bits per heavy atom. The summed E-state index contributed by atoms with van der Waals surface area (Å²) in [5.41, 5.74) is 1.42. The molecule has 4 rings (SSSR count). The van der Waals surface area contributed by atoms with Crippen LogP contribution in [0.4, 0.5) is 5.69 Å². The average Bonchev–Trinajstić information content (AvgIpc) is 3.25. The minimum absolute atomic E-state index is 0.178. The summed E-state index contributed by atoms with van der Waals surface area (Å²) in [6.45, 7) is 10.1. The minimum atomic E-state index is -0.484. The zero-order valence-corrected chi connectivity index (χ0v) is 20.0. The number of anilines is 1. The molecule has 178 valence electrons. The second kappa shape index (κ2) is 10.1. The van der Waals surface area contributed by atoms with Gasteiger partial charge in [0.15, 0.2) is 0 Å². The van der Waals surface area contributed by atoms with Gasteiger partial charge in [-0.25, -0.2) is 4.79 Å². The molecule has 0 fully saturated rings. The maximum atomic E-state index is 12.9. The molecule has 0 aliphatic carbocycles. The van der Waals surface area contributed by atoms with E-state index in [-0.39, 0.29) is 24.6 Å². The van der Waals surface area contributed by atoms with E-state index in [0.717, 1.165) is 41.6 Å². The third-order valence-corrected chi connectivity index (χ3v) is 6.36. The van der Waals surface area contributed by atoms with Gasteiger partial charge >= 0.3 is 5.69 Å². The lowest BCUT2D eigenvalue weighted by Crippen LogP contribution is -2.41. The highest BCUT2D eigenvalue weighted by Gasteiger charge is 2.15. The Morgan fingerprint density at radius 3 is 2.44 bits per heavy atom. The normalized spacial score (nSPS) is 11.5. The van der Waals surface area contributed by atoms with Crippen molar-refractivity contribution >= 4 is 33.4 Å². The van der Waals surface area contributed by atoms with Crippen molar-refractivity contribution in [3.63, 3.8) is 0 Å². The fraction of sp³-hybridized carbons (Fsp3) is 0.346. The van der Waals surface area contributed by atoms with Crippen LogP contribution in [0.25, 0.3) is 21.8 Å². The van der Waals surface area contributed by atoms with Crippen LogP contribution in [0.15, 0.2) is 64.3 Å². The number of fused-ring (bicyclic) bond motifs is 2. The van der Waals surface area contributed by atoms with Crippen LogP contribution < -0.4 is 16.6 Å². The predicted octanol–water partition coefficient (Wildman–Crippen LogP) is 3.12. The number of carbonyl (C=O) groups excluding carboxylic acids is 1. The Balaban J connectivity index is 1.55. The number of aromatic nitrogens is 3. The number of hydrogen-bond donors (Lipinski definition) is 1. The van der Waals surface area contributed by atoms with Gasteiger partial charge in [0.1, 0.15) is 6.54 Å². The van der Waals surface area contributed by atoms with Crippen LogP contribution in [0.5, 0.6) is 0 Å². The third-order valence-electron chi connectivity index (χ3n) is 6.36. The number of nitrogens with one attached hydrogen (secondary N) is 1. The van der Waals surface area contributed by atoms with Crippen molar-refractivity contribution < 1.29 is 4.79 Å². The van der Waals surface area contributed by atoms with Gasteiger partial charge < -0.3 is 14.8 Å². The molecule has 4 aromatic rings. The molecule has 1 amide bonds. The van der Waals surface area contributed by atoms with Crippen LogP contribution in [-0.4, -0.2) is 44.1 Å². The molecule has 2 heterocycles.